The zero-order valence-corrected chi connectivity index (χ0v) is 17.3. The largest absolute Gasteiger partial charge is 0.384 e. The van der Waals surface area contributed by atoms with E-state index in [4.69, 9.17) is 5.73 Å². The number of hydrogen-bond acceptors (Lipinski definition) is 5. The summed E-state index contributed by atoms with van der Waals surface area (Å²) >= 11 is 0. The molecule has 0 saturated heterocycles. The quantitative estimate of drug-likeness (QED) is 0.604. The number of amides is 2. The zero-order chi connectivity index (χ0) is 21.7. The number of fused-ring (bicyclic) bond motifs is 1. The predicted molar refractivity (Wildman–Crippen MR) is 117 cm³/mol. The minimum Gasteiger partial charge on any atom is -0.384 e. The fourth-order valence-corrected chi connectivity index (χ4v) is 3.39. The van der Waals surface area contributed by atoms with Crippen LogP contribution in [0.15, 0.2) is 48.8 Å². The molecule has 1 aliphatic rings. The fraction of sp³-hybridized carbons (Fsp3) is 0.273. The number of carbonyl (C=O) groups excluding carboxylic acids is 2. The Morgan fingerprint density at radius 2 is 2.07 bits per heavy atom. The maximum Gasteiger partial charge on any atom is 0.255 e. The number of nitrogen functional groups attached to an aromatic ring is 1. The van der Waals surface area contributed by atoms with Crippen molar-refractivity contribution in [1.82, 2.24) is 15.2 Å². The lowest BCUT2D eigenvalue weighted by atomic mass is 9.92. The van der Waals surface area contributed by atoms with E-state index in [1.165, 1.54) is 0 Å². The summed E-state index contributed by atoms with van der Waals surface area (Å²) in [5, 5.41) is 9.22. The van der Waals surface area contributed by atoms with Gasteiger partial charge in [-0.3, -0.25) is 14.7 Å². The Labute approximate surface area is 175 Å². The molecule has 3 aromatic rings. The molecular formula is C22H26N6O2. The van der Waals surface area contributed by atoms with Crippen LogP contribution in [0.5, 0.6) is 0 Å². The molecule has 0 spiro atoms. The minimum absolute atomic E-state index is 0.0309. The number of H-pyrrole nitrogens is 1. The van der Waals surface area contributed by atoms with Crippen LogP contribution in [0.3, 0.4) is 0 Å². The van der Waals surface area contributed by atoms with E-state index in [1.807, 2.05) is 31.2 Å². The highest BCUT2D eigenvalue weighted by Crippen LogP contribution is 2.30. The van der Waals surface area contributed by atoms with Crippen LogP contribution >= 0.6 is 0 Å². The van der Waals surface area contributed by atoms with E-state index in [2.05, 4.69) is 27.4 Å². The predicted octanol–water partition coefficient (Wildman–Crippen LogP) is 3.18. The average Bonchev–Trinajstić information content (AvgIpc) is 3.20. The molecule has 4 rings (SSSR count). The van der Waals surface area contributed by atoms with Crippen molar-refractivity contribution in [2.45, 2.75) is 27.2 Å². The maximum atomic E-state index is 12.3. The molecule has 2 aromatic heterocycles. The number of aryl methyl sites for hydroxylation is 1. The lowest BCUT2D eigenvalue weighted by molar-refractivity contribution is -0.116. The Hall–Kier alpha value is -3.68. The van der Waals surface area contributed by atoms with Crippen molar-refractivity contribution >= 4 is 29.0 Å². The van der Waals surface area contributed by atoms with Gasteiger partial charge in [0.25, 0.3) is 5.91 Å². The molecule has 1 atom stereocenters. The Morgan fingerprint density at radius 3 is 2.67 bits per heavy atom. The summed E-state index contributed by atoms with van der Waals surface area (Å²) in [6, 6.07) is 11.0. The van der Waals surface area contributed by atoms with Crippen molar-refractivity contribution in [2.24, 2.45) is 5.92 Å². The number of carbonyl (C=O) groups is 2. The lowest BCUT2D eigenvalue weighted by Gasteiger charge is -2.32. The molecule has 0 saturated carbocycles. The minimum atomic E-state index is -0.184. The van der Waals surface area contributed by atoms with E-state index in [1.54, 1.807) is 36.4 Å². The van der Waals surface area contributed by atoms with Gasteiger partial charge < -0.3 is 16.0 Å². The van der Waals surface area contributed by atoms with Crippen LogP contribution < -0.4 is 16.0 Å². The number of aromatic amines is 1. The van der Waals surface area contributed by atoms with Gasteiger partial charge in [-0.25, -0.2) is 4.98 Å². The second-order valence-corrected chi connectivity index (χ2v) is 7.43. The van der Waals surface area contributed by atoms with Crippen LogP contribution in [0.1, 0.15) is 35.5 Å². The van der Waals surface area contributed by atoms with E-state index in [0.29, 0.717) is 23.0 Å². The van der Waals surface area contributed by atoms with Gasteiger partial charge in [0.05, 0.1) is 11.9 Å². The van der Waals surface area contributed by atoms with Crippen molar-refractivity contribution < 1.29 is 9.59 Å². The van der Waals surface area contributed by atoms with E-state index in [-0.39, 0.29) is 11.8 Å². The maximum absolute atomic E-state index is 12.3. The normalized spacial score (nSPS) is 14.9. The number of anilines is 3. The molecule has 156 valence electrons. The van der Waals surface area contributed by atoms with E-state index in [0.717, 1.165) is 29.9 Å². The number of aromatic nitrogens is 3. The van der Waals surface area contributed by atoms with Gasteiger partial charge in [0.2, 0.25) is 5.91 Å². The van der Waals surface area contributed by atoms with Crippen LogP contribution in [0.4, 0.5) is 17.2 Å². The smallest absolute Gasteiger partial charge is 0.255 e. The molecule has 8 nitrogen and oxygen atoms in total. The second kappa shape index (κ2) is 9.21. The Kier molecular flexibility index (Phi) is 6.46. The third kappa shape index (κ3) is 5.22. The molecule has 0 aliphatic carbocycles. The third-order valence-corrected chi connectivity index (χ3v) is 4.74. The first-order valence-corrected chi connectivity index (χ1v) is 9.73. The SMILES string of the molecule is CC(=O)N1CC(C)Cc2cc(C(=O)Nc3cn[nH]c3)ccc21.Cc1cccc(N)n1. The van der Waals surface area contributed by atoms with Gasteiger partial charge in [-0.2, -0.15) is 5.10 Å². The highest BCUT2D eigenvalue weighted by atomic mass is 16.2. The third-order valence-electron chi connectivity index (χ3n) is 4.74. The Balaban J connectivity index is 0.000000269. The highest BCUT2D eigenvalue weighted by Gasteiger charge is 2.25. The number of rotatable bonds is 2. The molecule has 1 aliphatic heterocycles. The van der Waals surface area contributed by atoms with Gasteiger partial charge in [0, 0.05) is 36.6 Å². The summed E-state index contributed by atoms with van der Waals surface area (Å²) in [4.78, 5) is 29.8. The van der Waals surface area contributed by atoms with Crippen LogP contribution in [0, 0.1) is 12.8 Å². The van der Waals surface area contributed by atoms with Crippen molar-refractivity contribution in [2.75, 3.05) is 22.5 Å². The molecule has 4 N–H and O–H groups in total. The van der Waals surface area contributed by atoms with Crippen LogP contribution in [0.2, 0.25) is 0 Å². The van der Waals surface area contributed by atoms with Crippen molar-refractivity contribution in [1.29, 1.82) is 0 Å². The summed E-state index contributed by atoms with van der Waals surface area (Å²) in [6.45, 7) is 6.32. The number of nitrogens with two attached hydrogens (primary N) is 1. The van der Waals surface area contributed by atoms with Gasteiger partial charge in [-0.1, -0.05) is 13.0 Å². The Morgan fingerprint density at radius 1 is 1.27 bits per heavy atom. The number of nitrogens with zero attached hydrogens (tertiary/aromatic N) is 3. The number of benzene rings is 1. The molecule has 8 heteroatoms. The topological polar surface area (TPSA) is 117 Å². The van der Waals surface area contributed by atoms with E-state index < -0.39 is 0 Å². The van der Waals surface area contributed by atoms with E-state index >= 15 is 0 Å². The highest BCUT2D eigenvalue weighted by molar-refractivity contribution is 6.05. The first-order chi connectivity index (χ1) is 14.3. The number of pyridine rings is 1. The average molecular weight is 406 g/mol. The van der Waals surface area contributed by atoms with Gasteiger partial charge in [0.1, 0.15) is 5.82 Å². The summed E-state index contributed by atoms with van der Waals surface area (Å²) < 4.78 is 0. The summed E-state index contributed by atoms with van der Waals surface area (Å²) in [6.07, 6.45) is 4.04. The molecule has 0 radical (unpaired) electrons. The van der Waals surface area contributed by atoms with Crippen molar-refractivity contribution in [3.05, 3.63) is 65.6 Å². The summed E-state index contributed by atoms with van der Waals surface area (Å²) in [7, 11) is 0. The second-order valence-electron chi connectivity index (χ2n) is 7.43. The van der Waals surface area contributed by atoms with Crippen LogP contribution in [-0.4, -0.2) is 33.5 Å². The first-order valence-electron chi connectivity index (χ1n) is 9.73. The number of hydrogen-bond donors (Lipinski definition) is 3. The molecule has 1 unspecified atom stereocenters. The standard InChI is InChI=1S/C16H18N4O2.C6H8N2/c1-10-5-13-6-12(16(22)19-14-7-17-18-8-14)3-4-15(13)20(9-10)11(2)21;1-5-3-2-4-6(7)8-5/h3-4,6-8,10H,5,9H2,1-2H3,(H,17,18)(H,19,22);2-4H,1H3,(H2,7,8). The molecule has 2 amide bonds. The molecule has 30 heavy (non-hydrogen) atoms. The Bertz CT molecular complexity index is 1010. The monoisotopic (exact) mass is 406 g/mol. The lowest BCUT2D eigenvalue weighted by Crippen LogP contribution is -2.37. The van der Waals surface area contributed by atoms with Crippen molar-refractivity contribution in [3.8, 4) is 0 Å². The summed E-state index contributed by atoms with van der Waals surface area (Å²) in [5.74, 6) is 0.814. The van der Waals surface area contributed by atoms with Crippen molar-refractivity contribution in [3.63, 3.8) is 0 Å². The van der Waals surface area contributed by atoms with Gasteiger partial charge in [-0.05, 0) is 55.2 Å². The van der Waals surface area contributed by atoms with Crippen LogP contribution in [-0.2, 0) is 11.2 Å². The van der Waals surface area contributed by atoms with Crippen LogP contribution in [0.25, 0.3) is 0 Å². The van der Waals surface area contributed by atoms with Gasteiger partial charge in [0.15, 0.2) is 0 Å². The van der Waals surface area contributed by atoms with Gasteiger partial charge >= 0.3 is 0 Å². The fourth-order valence-electron chi connectivity index (χ4n) is 3.39. The molecule has 1 aromatic carbocycles. The van der Waals surface area contributed by atoms with E-state index in [9.17, 15) is 9.59 Å². The molecule has 3 heterocycles. The number of nitrogens with one attached hydrogen (secondary N) is 2. The molecule has 0 fully saturated rings. The molecular weight excluding hydrogens is 380 g/mol. The van der Waals surface area contributed by atoms with Gasteiger partial charge in [-0.15, -0.1) is 0 Å². The zero-order valence-electron chi connectivity index (χ0n) is 17.3. The first kappa shape index (κ1) is 21.0. The summed E-state index contributed by atoms with van der Waals surface area (Å²) in [5.41, 5.74) is 9.46. The molecule has 0 bridgehead atoms.